The number of aryl methyl sites for hydroxylation is 3. The average molecular weight is 750 g/mol. The van der Waals surface area contributed by atoms with Crippen molar-refractivity contribution in [3.8, 4) is 0 Å². The second-order valence-corrected chi connectivity index (χ2v) is 16.4. The lowest BCUT2D eigenvalue weighted by Gasteiger charge is -2.19. The highest BCUT2D eigenvalue weighted by Gasteiger charge is 2.18. The number of amides is 3. The molecule has 2 aromatic heterocycles. The van der Waals surface area contributed by atoms with Crippen LogP contribution in [0.4, 0.5) is 15.1 Å². The third-order valence-corrected chi connectivity index (χ3v) is 8.84. The van der Waals surface area contributed by atoms with Crippen molar-refractivity contribution in [2.24, 2.45) is 0 Å². The number of nitrogens with one attached hydrogen (secondary N) is 3. The summed E-state index contributed by atoms with van der Waals surface area (Å²) in [5.41, 5.74) is 2.39. The summed E-state index contributed by atoms with van der Waals surface area (Å²) in [6.45, 7) is 11.2. The van der Waals surface area contributed by atoms with E-state index in [4.69, 9.17) is 9.47 Å². The molecule has 0 spiro atoms. The normalized spacial score (nSPS) is 11.5. The third-order valence-electron chi connectivity index (χ3n) is 7.04. The SMILES string of the molecule is CC(C)(C)OC(=O)CCc1cccc(CC(=O)Nc2nnc(CCCCc3nnc(NC(=O)Cc4cccc(CNC(=O)OC(C)(C)C)c4)s3)s2)c1. The smallest absolute Gasteiger partial charge is 0.407 e. The van der Waals surface area contributed by atoms with Gasteiger partial charge in [0.2, 0.25) is 22.1 Å². The van der Waals surface area contributed by atoms with E-state index in [1.165, 1.54) is 22.7 Å². The summed E-state index contributed by atoms with van der Waals surface area (Å²) in [5.74, 6) is -0.642. The Morgan fingerprint density at radius 2 is 1.12 bits per heavy atom. The Bertz CT molecular complexity index is 1690. The van der Waals surface area contributed by atoms with E-state index in [0.29, 0.717) is 29.5 Å². The number of alkyl carbamates (subject to hydrolysis) is 1. The van der Waals surface area contributed by atoms with Gasteiger partial charge in [0, 0.05) is 25.8 Å². The molecule has 52 heavy (non-hydrogen) atoms. The molecule has 278 valence electrons. The summed E-state index contributed by atoms with van der Waals surface area (Å²) in [7, 11) is 0. The first kappa shape index (κ1) is 40.0. The number of nitrogens with zero attached hydrogens (tertiary/aromatic N) is 4. The highest BCUT2D eigenvalue weighted by molar-refractivity contribution is 7.15. The van der Waals surface area contributed by atoms with Crippen LogP contribution in [0.2, 0.25) is 0 Å². The van der Waals surface area contributed by atoms with Gasteiger partial charge in [-0.25, -0.2) is 4.79 Å². The van der Waals surface area contributed by atoms with E-state index in [9.17, 15) is 19.2 Å². The molecule has 15 heteroatoms. The maximum atomic E-state index is 12.7. The molecule has 0 fully saturated rings. The summed E-state index contributed by atoms with van der Waals surface area (Å²) in [6, 6.07) is 15.1. The highest BCUT2D eigenvalue weighted by atomic mass is 32.1. The van der Waals surface area contributed by atoms with Crippen LogP contribution < -0.4 is 16.0 Å². The zero-order valence-electron chi connectivity index (χ0n) is 30.5. The van der Waals surface area contributed by atoms with Gasteiger partial charge in [0.25, 0.3) is 0 Å². The fraction of sp³-hybridized carbons (Fsp3) is 0.459. The molecule has 13 nitrogen and oxygen atoms in total. The Hall–Kier alpha value is -4.76. The van der Waals surface area contributed by atoms with Crippen molar-refractivity contribution in [1.29, 1.82) is 0 Å². The van der Waals surface area contributed by atoms with Crippen LogP contribution in [-0.4, -0.2) is 55.5 Å². The second kappa shape index (κ2) is 18.6. The number of unbranched alkanes of at least 4 members (excludes halogenated alkanes) is 1. The molecular formula is C37H47N7O6S2. The van der Waals surface area contributed by atoms with Crippen LogP contribution in [0.25, 0.3) is 0 Å². The van der Waals surface area contributed by atoms with Crippen molar-refractivity contribution in [3.63, 3.8) is 0 Å². The first-order chi connectivity index (χ1) is 24.6. The largest absolute Gasteiger partial charge is 0.460 e. The molecule has 2 aromatic carbocycles. The van der Waals surface area contributed by atoms with E-state index in [1.54, 1.807) is 20.8 Å². The summed E-state index contributed by atoms with van der Waals surface area (Å²) < 4.78 is 10.6. The summed E-state index contributed by atoms with van der Waals surface area (Å²) in [5, 5.41) is 27.6. The second-order valence-electron chi connectivity index (χ2n) is 14.2. The van der Waals surface area contributed by atoms with E-state index in [1.807, 2.05) is 69.3 Å². The van der Waals surface area contributed by atoms with Gasteiger partial charge in [0.05, 0.1) is 12.8 Å². The molecule has 0 atom stereocenters. The fourth-order valence-corrected chi connectivity index (χ4v) is 6.53. The van der Waals surface area contributed by atoms with Gasteiger partial charge in [-0.1, -0.05) is 71.2 Å². The van der Waals surface area contributed by atoms with Crippen molar-refractivity contribution in [3.05, 3.63) is 80.8 Å². The van der Waals surface area contributed by atoms with Crippen LogP contribution >= 0.6 is 22.7 Å². The van der Waals surface area contributed by atoms with E-state index in [0.717, 1.165) is 45.1 Å². The number of aromatic nitrogens is 4. The van der Waals surface area contributed by atoms with E-state index in [2.05, 4.69) is 36.3 Å². The summed E-state index contributed by atoms with van der Waals surface area (Å²) in [4.78, 5) is 49.4. The summed E-state index contributed by atoms with van der Waals surface area (Å²) in [6.07, 6.45) is 3.77. The van der Waals surface area contributed by atoms with E-state index in [-0.39, 0.29) is 43.6 Å². The Morgan fingerprint density at radius 3 is 1.63 bits per heavy atom. The van der Waals surface area contributed by atoms with Gasteiger partial charge >= 0.3 is 12.1 Å². The van der Waals surface area contributed by atoms with Crippen LogP contribution in [0.1, 0.15) is 93.1 Å². The van der Waals surface area contributed by atoms with Crippen molar-refractivity contribution in [1.82, 2.24) is 25.7 Å². The number of hydrogen-bond acceptors (Lipinski definition) is 12. The molecule has 0 saturated carbocycles. The zero-order chi connectivity index (χ0) is 37.7. The first-order valence-corrected chi connectivity index (χ1v) is 18.8. The minimum atomic E-state index is -0.578. The topological polar surface area (TPSA) is 174 Å². The molecule has 0 saturated heterocycles. The molecule has 0 unspecified atom stereocenters. The quantitative estimate of drug-likeness (QED) is 0.0835. The molecule has 0 radical (unpaired) electrons. The number of esters is 1. The Labute approximate surface area is 312 Å². The molecule has 2 heterocycles. The lowest BCUT2D eigenvalue weighted by Crippen LogP contribution is -2.32. The summed E-state index contributed by atoms with van der Waals surface area (Å²) >= 11 is 2.70. The number of ether oxygens (including phenoxy) is 2. The Kier molecular flexibility index (Phi) is 14.4. The van der Waals surface area contributed by atoms with E-state index >= 15 is 0 Å². The van der Waals surface area contributed by atoms with E-state index < -0.39 is 17.3 Å². The van der Waals surface area contributed by atoms with Crippen LogP contribution in [0.5, 0.6) is 0 Å². The molecule has 0 aliphatic rings. The van der Waals surface area contributed by atoms with Gasteiger partial charge in [-0.15, -0.1) is 20.4 Å². The van der Waals surface area contributed by atoms with Gasteiger partial charge in [-0.05, 0) is 83.1 Å². The van der Waals surface area contributed by atoms with Crippen molar-refractivity contribution < 1.29 is 28.7 Å². The maximum Gasteiger partial charge on any atom is 0.407 e. The number of hydrogen-bond donors (Lipinski definition) is 3. The molecule has 0 aliphatic heterocycles. The number of carbonyl (C=O) groups is 4. The molecule has 4 aromatic rings. The fourth-order valence-electron chi connectivity index (χ4n) is 4.93. The molecule has 3 N–H and O–H groups in total. The van der Waals surface area contributed by atoms with Crippen LogP contribution in [0.15, 0.2) is 48.5 Å². The third kappa shape index (κ3) is 15.2. The number of rotatable bonds is 16. The standard InChI is InChI=1S/C37H47N7O6S2/c1-36(2,3)49-32(47)18-17-24-11-9-12-25(19-24)21-28(45)39-33-43-41-30(51-33)15-7-8-16-31-42-44-34(52-31)40-29(46)22-26-13-10-14-27(20-26)23-38-35(48)50-37(4,5)6/h9-14,19-20H,7-8,15-18,21-23H2,1-6H3,(H,38,48)(H,39,43,45)(H,40,44,46). The predicted octanol–water partition coefficient (Wildman–Crippen LogP) is 6.62. The molecule has 0 aliphatic carbocycles. The van der Waals surface area contributed by atoms with Gasteiger partial charge in [-0.3, -0.25) is 14.4 Å². The molecule has 3 amide bonds. The van der Waals surface area contributed by atoms with Crippen LogP contribution in [0, 0.1) is 0 Å². The van der Waals surface area contributed by atoms with Gasteiger partial charge in [-0.2, -0.15) is 0 Å². The molecule has 4 rings (SSSR count). The highest BCUT2D eigenvalue weighted by Crippen LogP contribution is 2.21. The van der Waals surface area contributed by atoms with Gasteiger partial charge < -0.3 is 25.4 Å². The zero-order valence-corrected chi connectivity index (χ0v) is 32.2. The Balaban J connectivity index is 1.13. The van der Waals surface area contributed by atoms with Gasteiger partial charge in [0.1, 0.15) is 21.2 Å². The monoisotopic (exact) mass is 749 g/mol. The van der Waals surface area contributed by atoms with Crippen LogP contribution in [0.3, 0.4) is 0 Å². The number of anilines is 2. The van der Waals surface area contributed by atoms with Crippen molar-refractivity contribution in [2.45, 2.75) is 111 Å². The lowest BCUT2D eigenvalue weighted by molar-refractivity contribution is -0.154. The van der Waals surface area contributed by atoms with Crippen molar-refractivity contribution in [2.75, 3.05) is 10.6 Å². The predicted molar refractivity (Wildman–Crippen MR) is 201 cm³/mol. The van der Waals surface area contributed by atoms with Crippen molar-refractivity contribution >= 4 is 56.8 Å². The van der Waals surface area contributed by atoms with Crippen LogP contribution in [-0.2, 0) is 62.5 Å². The van der Waals surface area contributed by atoms with Gasteiger partial charge in [0.15, 0.2) is 0 Å². The minimum Gasteiger partial charge on any atom is -0.460 e. The molecule has 0 bridgehead atoms. The maximum absolute atomic E-state index is 12.7. The first-order valence-electron chi connectivity index (χ1n) is 17.2. The lowest BCUT2D eigenvalue weighted by atomic mass is 10.0. The number of carbonyl (C=O) groups excluding carboxylic acids is 4. The number of benzene rings is 2. The minimum absolute atomic E-state index is 0.157. The Morgan fingerprint density at radius 1 is 0.635 bits per heavy atom. The molecular weight excluding hydrogens is 703 g/mol. The average Bonchev–Trinajstić information content (AvgIpc) is 3.68.